The number of halogens is 1. The lowest BCUT2D eigenvalue weighted by atomic mass is 10.1. The number of amides is 2. The normalized spacial score (nSPS) is 14.7. The van der Waals surface area contributed by atoms with Crippen molar-refractivity contribution in [3.63, 3.8) is 0 Å². The smallest absolute Gasteiger partial charge is 0.225 e. The van der Waals surface area contributed by atoms with Gasteiger partial charge in [0, 0.05) is 49.7 Å². The summed E-state index contributed by atoms with van der Waals surface area (Å²) in [5.74, 6) is 1.00. The van der Waals surface area contributed by atoms with Crippen LogP contribution in [0.25, 0.3) is 0 Å². The molecule has 0 unspecified atom stereocenters. The van der Waals surface area contributed by atoms with E-state index in [0.717, 1.165) is 49.5 Å². The lowest BCUT2D eigenvalue weighted by Gasteiger charge is -2.22. The highest BCUT2D eigenvalue weighted by Crippen LogP contribution is 2.15. The van der Waals surface area contributed by atoms with E-state index in [0.29, 0.717) is 31.0 Å². The molecule has 0 aliphatic carbocycles. The Balaban J connectivity index is 1.38. The molecule has 2 amide bonds. The number of hydrogen-bond donors (Lipinski definition) is 1. The summed E-state index contributed by atoms with van der Waals surface area (Å²) in [7, 11) is 1.65. The van der Waals surface area contributed by atoms with Gasteiger partial charge < -0.3 is 19.9 Å². The van der Waals surface area contributed by atoms with Crippen LogP contribution in [0.1, 0.15) is 24.8 Å². The number of aryl methyl sites for hydroxylation is 1. The van der Waals surface area contributed by atoms with Gasteiger partial charge in [0.25, 0.3) is 0 Å². The van der Waals surface area contributed by atoms with E-state index >= 15 is 0 Å². The van der Waals surface area contributed by atoms with Crippen molar-refractivity contribution >= 4 is 29.1 Å². The average Bonchev–Trinajstić information content (AvgIpc) is 3.04. The topological polar surface area (TPSA) is 61.9 Å². The molecule has 0 spiro atoms. The third-order valence-corrected chi connectivity index (χ3v) is 5.76. The third kappa shape index (κ3) is 7.56. The highest BCUT2D eigenvalue weighted by atomic mass is 35.5. The van der Waals surface area contributed by atoms with Crippen molar-refractivity contribution in [3.05, 3.63) is 59.1 Å². The van der Waals surface area contributed by atoms with E-state index in [1.807, 2.05) is 29.2 Å². The molecule has 0 atom stereocenters. The zero-order valence-corrected chi connectivity index (χ0v) is 18.7. The number of benzene rings is 2. The highest BCUT2D eigenvalue weighted by molar-refractivity contribution is 6.30. The lowest BCUT2D eigenvalue weighted by molar-refractivity contribution is -0.131. The Hall–Kier alpha value is -2.57. The lowest BCUT2D eigenvalue weighted by Crippen LogP contribution is -2.36. The maximum atomic E-state index is 12.7. The molecular formula is C24H30ClN3O3. The molecule has 6 nitrogen and oxygen atoms in total. The largest absolute Gasteiger partial charge is 0.497 e. The SMILES string of the molecule is COc1ccc(CCC(=O)N2CCCN(CCC(=O)Nc3ccc(Cl)cc3)CC2)cc1. The minimum atomic E-state index is -0.0148. The standard InChI is InChI=1S/C24H30ClN3O3/c1-31-22-10-3-19(4-11-22)5-12-24(30)28-15-2-14-27(17-18-28)16-13-23(29)26-21-8-6-20(25)7-9-21/h3-4,6-11H,2,5,12-18H2,1H3,(H,26,29). The highest BCUT2D eigenvalue weighted by Gasteiger charge is 2.19. The molecule has 31 heavy (non-hydrogen) atoms. The second kappa shape index (κ2) is 11.7. The van der Waals surface area contributed by atoms with Crippen LogP contribution in [-0.4, -0.2) is 61.4 Å². The van der Waals surface area contributed by atoms with E-state index in [9.17, 15) is 9.59 Å². The molecule has 1 fully saturated rings. The van der Waals surface area contributed by atoms with Gasteiger partial charge in [-0.2, -0.15) is 0 Å². The summed E-state index contributed by atoms with van der Waals surface area (Å²) in [6.07, 6.45) is 2.59. The second-order valence-electron chi connectivity index (χ2n) is 7.73. The van der Waals surface area contributed by atoms with Gasteiger partial charge in [-0.05, 0) is 61.3 Å². The monoisotopic (exact) mass is 443 g/mol. The van der Waals surface area contributed by atoms with Crippen LogP contribution in [-0.2, 0) is 16.0 Å². The van der Waals surface area contributed by atoms with Crippen molar-refractivity contribution in [1.82, 2.24) is 9.80 Å². The number of nitrogens with zero attached hydrogens (tertiary/aromatic N) is 2. The first-order chi connectivity index (χ1) is 15.0. The zero-order chi connectivity index (χ0) is 22.1. The molecule has 1 aliphatic heterocycles. The van der Waals surface area contributed by atoms with E-state index in [1.54, 1.807) is 31.4 Å². The molecule has 0 aromatic heterocycles. The summed E-state index contributed by atoms with van der Waals surface area (Å²) in [5, 5.41) is 3.54. The zero-order valence-electron chi connectivity index (χ0n) is 18.0. The molecule has 0 radical (unpaired) electrons. The van der Waals surface area contributed by atoms with Crippen molar-refractivity contribution in [1.29, 1.82) is 0 Å². The molecule has 1 heterocycles. The van der Waals surface area contributed by atoms with Crippen LogP contribution in [0.2, 0.25) is 5.02 Å². The van der Waals surface area contributed by atoms with Crippen molar-refractivity contribution in [2.24, 2.45) is 0 Å². The van der Waals surface area contributed by atoms with E-state index in [4.69, 9.17) is 16.3 Å². The number of rotatable bonds is 8. The first-order valence-electron chi connectivity index (χ1n) is 10.7. The van der Waals surface area contributed by atoms with Crippen molar-refractivity contribution < 1.29 is 14.3 Å². The van der Waals surface area contributed by atoms with E-state index in [2.05, 4.69) is 10.2 Å². The Bertz CT molecular complexity index is 855. The maximum absolute atomic E-state index is 12.7. The summed E-state index contributed by atoms with van der Waals surface area (Å²) in [6.45, 7) is 3.86. The molecule has 1 aliphatic rings. The third-order valence-electron chi connectivity index (χ3n) is 5.51. The van der Waals surface area contributed by atoms with Crippen LogP contribution in [0.5, 0.6) is 5.75 Å². The van der Waals surface area contributed by atoms with Crippen molar-refractivity contribution in [2.45, 2.75) is 25.7 Å². The fourth-order valence-electron chi connectivity index (χ4n) is 3.66. The van der Waals surface area contributed by atoms with Crippen LogP contribution in [0.15, 0.2) is 48.5 Å². The average molecular weight is 444 g/mol. The Labute approximate surface area is 189 Å². The van der Waals surface area contributed by atoms with Crippen LogP contribution in [0.4, 0.5) is 5.69 Å². The predicted octanol–water partition coefficient (Wildman–Crippen LogP) is 3.84. The quantitative estimate of drug-likeness (QED) is 0.673. The van der Waals surface area contributed by atoms with Gasteiger partial charge in [-0.15, -0.1) is 0 Å². The Morgan fingerprint density at radius 1 is 0.968 bits per heavy atom. The first-order valence-corrected chi connectivity index (χ1v) is 11.1. The van der Waals surface area contributed by atoms with Gasteiger partial charge in [0.05, 0.1) is 7.11 Å². The fourth-order valence-corrected chi connectivity index (χ4v) is 3.79. The number of methoxy groups -OCH3 is 1. The molecule has 3 rings (SSSR count). The first kappa shape index (κ1) is 23.1. The molecule has 1 saturated heterocycles. The number of ether oxygens (including phenoxy) is 1. The summed E-state index contributed by atoms with van der Waals surface area (Å²) in [5.41, 5.74) is 1.89. The molecular weight excluding hydrogens is 414 g/mol. The van der Waals surface area contributed by atoms with Gasteiger partial charge in [0.2, 0.25) is 11.8 Å². The number of hydrogen-bond acceptors (Lipinski definition) is 4. The van der Waals surface area contributed by atoms with E-state index < -0.39 is 0 Å². The van der Waals surface area contributed by atoms with E-state index in [-0.39, 0.29) is 11.8 Å². The second-order valence-corrected chi connectivity index (χ2v) is 8.17. The summed E-state index contributed by atoms with van der Waals surface area (Å²) >= 11 is 5.87. The fraction of sp³-hybridized carbons (Fsp3) is 0.417. The van der Waals surface area contributed by atoms with Crippen LogP contribution in [0, 0.1) is 0 Å². The van der Waals surface area contributed by atoms with Crippen molar-refractivity contribution in [2.75, 3.05) is 45.2 Å². The summed E-state index contributed by atoms with van der Waals surface area (Å²) in [4.78, 5) is 29.1. The molecule has 2 aromatic carbocycles. The Morgan fingerprint density at radius 3 is 2.42 bits per heavy atom. The van der Waals surface area contributed by atoms with Gasteiger partial charge in [-0.25, -0.2) is 0 Å². The summed E-state index contributed by atoms with van der Waals surface area (Å²) in [6, 6.07) is 15.0. The van der Waals surface area contributed by atoms with Gasteiger partial charge in [0.15, 0.2) is 0 Å². The molecule has 0 bridgehead atoms. The molecule has 1 N–H and O–H groups in total. The predicted molar refractivity (Wildman–Crippen MR) is 124 cm³/mol. The molecule has 0 saturated carbocycles. The van der Waals surface area contributed by atoms with Gasteiger partial charge >= 0.3 is 0 Å². The number of carbonyl (C=O) groups is 2. The maximum Gasteiger partial charge on any atom is 0.225 e. The van der Waals surface area contributed by atoms with Crippen LogP contribution >= 0.6 is 11.6 Å². The Kier molecular flexibility index (Phi) is 8.74. The van der Waals surface area contributed by atoms with Crippen molar-refractivity contribution in [3.8, 4) is 5.75 Å². The van der Waals surface area contributed by atoms with Gasteiger partial charge in [-0.3, -0.25) is 9.59 Å². The van der Waals surface area contributed by atoms with Gasteiger partial charge in [-0.1, -0.05) is 23.7 Å². The number of nitrogens with one attached hydrogen (secondary N) is 1. The number of carbonyl (C=O) groups excluding carboxylic acids is 2. The van der Waals surface area contributed by atoms with Gasteiger partial charge in [0.1, 0.15) is 5.75 Å². The molecule has 2 aromatic rings. The van der Waals surface area contributed by atoms with E-state index in [1.165, 1.54) is 0 Å². The minimum Gasteiger partial charge on any atom is -0.497 e. The number of anilines is 1. The molecule has 7 heteroatoms. The Morgan fingerprint density at radius 2 is 1.71 bits per heavy atom. The molecule has 166 valence electrons. The van der Waals surface area contributed by atoms with Crippen LogP contribution < -0.4 is 10.1 Å². The van der Waals surface area contributed by atoms with Crippen LogP contribution in [0.3, 0.4) is 0 Å². The minimum absolute atomic E-state index is 0.0148. The summed E-state index contributed by atoms with van der Waals surface area (Å²) < 4.78 is 5.17.